The maximum Gasteiger partial charge on any atom is 0.0440 e. The average Bonchev–Trinajstić information content (AvgIpc) is 2.25. The Morgan fingerprint density at radius 1 is 1.36 bits per heavy atom. The van der Waals surface area contributed by atoms with E-state index in [1.807, 2.05) is 43.4 Å². The van der Waals surface area contributed by atoms with Crippen molar-refractivity contribution >= 4 is 6.72 Å². The van der Waals surface area contributed by atoms with Crippen LogP contribution in [0.25, 0.3) is 0 Å². The van der Waals surface area contributed by atoms with E-state index in [1.54, 1.807) is 0 Å². The normalized spacial score (nSPS) is 11.9. The van der Waals surface area contributed by atoms with Crippen LogP contribution >= 0.6 is 0 Å². The molecule has 0 heterocycles. The first-order valence-corrected chi connectivity index (χ1v) is 4.69. The maximum absolute atomic E-state index is 3.98. The molecule has 0 saturated heterocycles. The maximum atomic E-state index is 3.98. The highest BCUT2D eigenvalue weighted by atomic mass is 14.7. The van der Waals surface area contributed by atoms with Gasteiger partial charge in [0, 0.05) is 12.1 Å². The summed E-state index contributed by atoms with van der Waals surface area (Å²) < 4.78 is 0. The Morgan fingerprint density at radius 3 is 2.64 bits per heavy atom. The van der Waals surface area contributed by atoms with Crippen molar-refractivity contribution in [2.75, 3.05) is 0 Å². The molecule has 0 spiro atoms. The summed E-state index contributed by atoms with van der Waals surface area (Å²) in [5.41, 5.74) is 2.25. The zero-order valence-corrected chi connectivity index (χ0v) is 8.48. The molecule has 1 rings (SSSR count). The van der Waals surface area contributed by atoms with E-state index in [2.05, 4.69) is 23.8 Å². The van der Waals surface area contributed by atoms with Gasteiger partial charge >= 0.3 is 0 Å². The Morgan fingerprint density at radius 2 is 2.07 bits per heavy atom. The second-order valence-electron chi connectivity index (χ2n) is 3.00. The number of allylic oxidation sites excluding steroid dienone is 4. The van der Waals surface area contributed by atoms with Gasteiger partial charge in [0.1, 0.15) is 0 Å². The molecule has 1 aromatic rings. The van der Waals surface area contributed by atoms with Crippen LogP contribution in [-0.2, 0) is 6.42 Å². The van der Waals surface area contributed by atoms with Gasteiger partial charge in [0.05, 0.1) is 0 Å². The lowest BCUT2D eigenvalue weighted by atomic mass is 10.1. The monoisotopic (exact) mass is 185 g/mol. The smallest absolute Gasteiger partial charge is 0.0440 e. The van der Waals surface area contributed by atoms with Crippen LogP contribution in [-0.4, -0.2) is 6.72 Å². The third kappa shape index (κ3) is 3.40. The molecule has 1 aromatic carbocycles. The van der Waals surface area contributed by atoms with Crippen LogP contribution < -0.4 is 0 Å². The van der Waals surface area contributed by atoms with Gasteiger partial charge in [-0.1, -0.05) is 42.5 Å². The lowest BCUT2D eigenvalue weighted by Crippen LogP contribution is -1.86. The summed E-state index contributed by atoms with van der Waals surface area (Å²) in [4.78, 5) is 3.98. The van der Waals surface area contributed by atoms with E-state index in [0.29, 0.717) is 0 Å². The van der Waals surface area contributed by atoms with Crippen LogP contribution in [0.4, 0.5) is 0 Å². The molecule has 0 N–H and O–H groups in total. The molecule has 0 fully saturated rings. The highest BCUT2D eigenvalue weighted by Gasteiger charge is 1.94. The predicted molar refractivity (Wildman–Crippen MR) is 62.6 cm³/mol. The number of benzene rings is 1. The molecule has 0 radical (unpaired) electrons. The molecule has 0 atom stereocenters. The Balaban J connectivity index is 2.71. The van der Waals surface area contributed by atoms with Gasteiger partial charge in [0.15, 0.2) is 0 Å². The number of aliphatic imine (C=N–C) groups is 1. The number of hydrogen-bond acceptors (Lipinski definition) is 1. The number of nitrogens with zero attached hydrogens (tertiary/aromatic N) is 1. The minimum Gasteiger partial charge on any atom is -0.269 e. The lowest BCUT2D eigenvalue weighted by Gasteiger charge is -2.00. The molecule has 72 valence electrons. The lowest BCUT2D eigenvalue weighted by molar-refractivity contribution is 1.12. The zero-order valence-electron chi connectivity index (χ0n) is 8.48. The third-order valence-corrected chi connectivity index (χ3v) is 1.91. The van der Waals surface area contributed by atoms with E-state index < -0.39 is 0 Å². The van der Waals surface area contributed by atoms with E-state index in [9.17, 15) is 0 Å². The summed E-state index contributed by atoms with van der Waals surface area (Å²) in [7, 11) is 0. The molecule has 14 heavy (non-hydrogen) atoms. The van der Waals surface area contributed by atoms with Crippen molar-refractivity contribution in [3.05, 3.63) is 59.8 Å². The van der Waals surface area contributed by atoms with Gasteiger partial charge in [0.2, 0.25) is 0 Å². The first-order chi connectivity index (χ1) is 6.86. The van der Waals surface area contributed by atoms with Crippen molar-refractivity contribution in [3.8, 4) is 0 Å². The van der Waals surface area contributed by atoms with E-state index in [4.69, 9.17) is 0 Å². The Hall–Kier alpha value is -1.63. The molecule has 0 amide bonds. The summed E-state index contributed by atoms with van der Waals surface area (Å²) in [6, 6.07) is 10.3. The van der Waals surface area contributed by atoms with Gasteiger partial charge < -0.3 is 0 Å². The number of hydrogen-bond donors (Lipinski definition) is 0. The van der Waals surface area contributed by atoms with Crippen LogP contribution in [0.2, 0.25) is 0 Å². The predicted octanol–water partition coefficient (Wildman–Crippen LogP) is 3.39. The van der Waals surface area contributed by atoms with Crippen molar-refractivity contribution in [2.45, 2.75) is 13.3 Å². The minimum atomic E-state index is 0.842. The standard InChI is InChI=1S/C13H15N/c1-3-4-10-13(14-2)11-12-8-6-5-7-9-12/h3-10H,2,11H2,1H3. The SMILES string of the molecule is C=NC(=CC=CC)Cc1ccccc1. The molecule has 1 nitrogen and oxygen atoms in total. The molecule has 1 heteroatoms. The van der Waals surface area contributed by atoms with Gasteiger partial charge in [-0.05, 0) is 25.3 Å². The highest BCUT2D eigenvalue weighted by molar-refractivity contribution is 5.33. The second-order valence-corrected chi connectivity index (χ2v) is 3.00. The van der Waals surface area contributed by atoms with E-state index in [-0.39, 0.29) is 0 Å². The average molecular weight is 185 g/mol. The Kier molecular flexibility index (Phi) is 4.42. The quantitative estimate of drug-likeness (QED) is 0.503. The van der Waals surface area contributed by atoms with E-state index >= 15 is 0 Å². The fraction of sp³-hybridized carbons (Fsp3) is 0.154. The number of rotatable bonds is 4. The van der Waals surface area contributed by atoms with Crippen molar-refractivity contribution in [1.82, 2.24) is 0 Å². The zero-order chi connectivity index (χ0) is 10.2. The van der Waals surface area contributed by atoms with Crippen molar-refractivity contribution in [1.29, 1.82) is 0 Å². The van der Waals surface area contributed by atoms with Crippen LogP contribution in [0, 0.1) is 0 Å². The van der Waals surface area contributed by atoms with Gasteiger partial charge in [-0.3, -0.25) is 4.99 Å². The molecule has 0 aromatic heterocycles. The molecular formula is C13H15N. The fourth-order valence-electron chi connectivity index (χ4n) is 1.18. The molecule has 0 saturated carbocycles. The molecule has 0 bridgehead atoms. The van der Waals surface area contributed by atoms with Gasteiger partial charge in [0.25, 0.3) is 0 Å². The van der Waals surface area contributed by atoms with E-state index in [1.165, 1.54) is 5.56 Å². The minimum absolute atomic E-state index is 0.842. The molecule has 0 aliphatic heterocycles. The summed E-state index contributed by atoms with van der Waals surface area (Å²) in [6.07, 6.45) is 6.79. The van der Waals surface area contributed by atoms with Gasteiger partial charge in [-0.25, -0.2) is 0 Å². The van der Waals surface area contributed by atoms with Crippen LogP contribution in [0.15, 0.2) is 59.2 Å². The topological polar surface area (TPSA) is 12.4 Å². The Bertz CT molecular complexity index is 334. The van der Waals surface area contributed by atoms with Crippen molar-refractivity contribution in [3.63, 3.8) is 0 Å². The highest BCUT2D eigenvalue weighted by Crippen LogP contribution is 2.08. The molecule has 0 aliphatic rings. The van der Waals surface area contributed by atoms with Crippen LogP contribution in [0.5, 0.6) is 0 Å². The summed E-state index contributed by atoms with van der Waals surface area (Å²) in [5.74, 6) is 0. The van der Waals surface area contributed by atoms with Crippen LogP contribution in [0.3, 0.4) is 0 Å². The van der Waals surface area contributed by atoms with Crippen molar-refractivity contribution in [2.24, 2.45) is 4.99 Å². The largest absolute Gasteiger partial charge is 0.269 e. The summed E-state index contributed by atoms with van der Waals surface area (Å²) in [6.45, 7) is 5.54. The van der Waals surface area contributed by atoms with Gasteiger partial charge in [-0.15, -0.1) is 0 Å². The first kappa shape index (κ1) is 10.5. The summed E-state index contributed by atoms with van der Waals surface area (Å²) >= 11 is 0. The molecule has 0 aliphatic carbocycles. The van der Waals surface area contributed by atoms with Gasteiger partial charge in [-0.2, -0.15) is 0 Å². The van der Waals surface area contributed by atoms with E-state index in [0.717, 1.165) is 12.1 Å². The third-order valence-electron chi connectivity index (χ3n) is 1.91. The Labute approximate surface area is 85.5 Å². The molecular weight excluding hydrogens is 170 g/mol. The van der Waals surface area contributed by atoms with Crippen molar-refractivity contribution < 1.29 is 0 Å². The fourth-order valence-corrected chi connectivity index (χ4v) is 1.18. The summed E-state index contributed by atoms with van der Waals surface area (Å²) in [5, 5.41) is 0. The second kappa shape index (κ2) is 5.92. The first-order valence-electron chi connectivity index (χ1n) is 4.69. The molecule has 0 unspecified atom stereocenters. The van der Waals surface area contributed by atoms with Crippen LogP contribution in [0.1, 0.15) is 12.5 Å².